The maximum Gasteiger partial charge on any atom is 0.220 e. The van der Waals surface area contributed by atoms with E-state index >= 15 is 0 Å². The van der Waals surface area contributed by atoms with Gasteiger partial charge in [0.05, 0.1) is 18.8 Å². The van der Waals surface area contributed by atoms with E-state index in [1.807, 2.05) is 0 Å². The highest BCUT2D eigenvalue weighted by atomic mass is 16.3. The Labute approximate surface area is 237 Å². The lowest BCUT2D eigenvalue weighted by Crippen LogP contribution is -2.45. The molecule has 38 heavy (non-hydrogen) atoms. The first-order valence-corrected chi connectivity index (χ1v) is 16.9. The molecule has 4 nitrogen and oxygen atoms in total. The zero-order valence-corrected chi connectivity index (χ0v) is 25.7. The molecule has 0 aromatic rings. The van der Waals surface area contributed by atoms with Gasteiger partial charge in [0.2, 0.25) is 5.91 Å². The molecule has 0 aromatic carbocycles. The largest absolute Gasteiger partial charge is 0.394 e. The lowest BCUT2D eigenvalue weighted by molar-refractivity contribution is -0.123. The van der Waals surface area contributed by atoms with Crippen LogP contribution < -0.4 is 5.32 Å². The molecule has 0 unspecified atom stereocenters. The molecule has 0 heterocycles. The van der Waals surface area contributed by atoms with Gasteiger partial charge in [0.1, 0.15) is 0 Å². The summed E-state index contributed by atoms with van der Waals surface area (Å²) in [6.07, 6.45) is 35.5. The first-order chi connectivity index (χ1) is 18.7. The average Bonchev–Trinajstić information content (AvgIpc) is 2.92. The second-order valence-corrected chi connectivity index (χ2v) is 11.6. The van der Waals surface area contributed by atoms with Crippen LogP contribution in [-0.2, 0) is 4.79 Å². The number of nitrogens with one attached hydrogen (secondary N) is 1. The third kappa shape index (κ3) is 26.7. The fourth-order valence-electron chi connectivity index (χ4n) is 5.12. The quantitative estimate of drug-likeness (QED) is 0.0631. The molecule has 0 aromatic heterocycles. The van der Waals surface area contributed by atoms with Crippen LogP contribution in [0.3, 0.4) is 0 Å². The molecule has 4 heteroatoms. The van der Waals surface area contributed by atoms with Gasteiger partial charge in [0.25, 0.3) is 0 Å². The van der Waals surface area contributed by atoms with Crippen molar-refractivity contribution in [1.29, 1.82) is 0 Å². The summed E-state index contributed by atoms with van der Waals surface area (Å²) in [5.41, 5.74) is 0. The zero-order chi connectivity index (χ0) is 27.9. The Balaban J connectivity index is 3.59. The van der Waals surface area contributed by atoms with Crippen molar-refractivity contribution in [1.82, 2.24) is 5.32 Å². The maximum atomic E-state index is 12.2. The van der Waals surface area contributed by atoms with Crippen molar-refractivity contribution in [3.05, 3.63) is 12.2 Å². The van der Waals surface area contributed by atoms with Crippen molar-refractivity contribution >= 4 is 5.91 Å². The lowest BCUT2D eigenvalue weighted by Gasteiger charge is -2.22. The zero-order valence-electron chi connectivity index (χ0n) is 25.7. The van der Waals surface area contributed by atoms with E-state index in [2.05, 4.69) is 31.3 Å². The summed E-state index contributed by atoms with van der Waals surface area (Å²) in [6.45, 7) is 4.31. The monoisotopic (exact) mass is 538 g/mol. The molecule has 0 bridgehead atoms. The normalized spacial score (nSPS) is 13.3. The first kappa shape index (κ1) is 37.1. The number of hydrogen-bond donors (Lipinski definition) is 3. The van der Waals surface area contributed by atoms with Gasteiger partial charge in [0.15, 0.2) is 0 Å². The van der Waals surface area contributed by atoms with Gasteiger partial charge in [-0.15, -0.1) is 0 Å². The van der Waals surface area contributed by atoms with Crippen molar-refractivity contribution < 1.29 is 15.0 Å². The van der Waals surface area contributed by atoms with Gasteiger partial charge < -0.3 is 15.5 Å². The molecule has 1 amide bonds. The van der Waals surface area contributed by atoms with Crippen LogP contribution in [0.25, 0.3) is 0 Å². The van der Waals surface area contributed by atoms with E-state index in [9.17, 15) is 15.0 Å². The van der Waals surface area contributed by atoms with Crippen LogP contribution in [0.15, 0.2) is 12.2 Å². The molecule has 0 aliphatic rings. The van der Waals surface area contributed by atoms with Crippen molar-refractivity contribution in [3.8, 4) is 0 Å². The summed E-state index contributed by atoms with van der Waals surface area (Å²) in [5.74, 6) is -0.0450. The summed E-state index contributed by atoms with van der Waals surface area (Å²) in [4.78, 5) is 12.2. The fraction of sp³-hybridized carbons (Fsp3) is 0.912. The summed E-state index contributed by atoms with van der Waals surface area (Å²) >= 11 is 0. The number of aliphatic hydroxyl groups is 2. The minimum atomic E-state index is -0.674. The summed E-state index contributed by atoms with van der Waals surface area (Å²) in [6, 6.07) is -0.544. The third-order valence-electron chi connectivity index (χ3n) is 7.78. The molecular formula is C34H67NO3. The summed E-state index contributed by atoms with van der Waals surface area (Å²) in [7, 11) is 0. The van der Waals surface area contributed by atoms with E-state index < -0.39 is 12.1 Å². The fourth-order valence-corrected chi connectivity index (χ4v) is 5.12. The van der Waals surface area contributed by atoms with Crippen molar-refractivity contribution in [3.63, 3.8) is 0 Å². The van der Waals surface area contributed by atoms with E-state index in [1.54, 1.807) is 0 Å². The molecule has 0 spiro atoms. The van der Waals surface area contributed by atoms with Gasteiger partial charge in [-0.2, -0.15) is 0 Å². The molecule has 0 rings (SSSR count). The van der Waals surface area contributed by atoms with E-state index in [1.165, 1.54) is 122 Å². The van der Waals surface area contributed by atoms with Gasteiger partial charge >= 0.3 is 0 Å². The number of hydrogen-bond acceptors (Lipinski definition) is 3. The Kier molecular flexibility index (Phi) is 30.0. The second kappa shape index (κ2) is 30.7. The Bertz CT molecular complexity index is 508. The Morgan fingerprint density at radius 3 is 1.45 bits per heavy atom. The number of unbranched alkanes of at least 4 members (excludes halogenated alkanes) is 21. The highest BCUT2D eigenvalue weighted by Gasteiger charge is 2.19. The molecule has 0 fully saturated rings. The molecule has 226 valence electrons. The highest BCUT2D eigenvalue weighted by molar-refractivity contribution is 5.76. The highest BCUT2D eigenvalue weighted by Crippen LogP contribution is 2.13. The molecule has 0 radical (unpaired) electrons. The smallest absolute Gasteiger partial charge is 0.220 e. The van der Waals surface area contributed by atoms with E-state index in [0.717, 1.165) is 32.1 Å². The van der Waals surface area contributed by atoms with Crippen LogP contribution >= 0.6 is 0 Å². The Morgan fingerprint density at radius 1 is 0.605 bits per heavy atom. The van der Waals surface area contributed by atoms with Gasteiger partial charge in [-0.25, -0.2) is 0 Å². The number of carbonyl (C=O) groups excluding carboxylic acids is 1. The Morgan fingerprint density at radius 2 is 1.00 bits per heavy atom. The standard InChI is InChI=1S/C34H67NO3/c1-3-5-7-9-11-13-14-15-16-17-18-19-20-22-23-25-27-29-33(37)32(31-36)35-34(38)30-28-26-24-21-12-10-8-6-4-2/h20,22,32-33,36-37H,3-19,21,23-31H2,1-2H3,(H,35,38)/b22-20+/t32-,33+/m0/s1. The van der Waals surface area contributed by atoms with Crippen LogP contribution in [0.5, 0.6) is 0 Å². The number of allylic oxidation sites excluding steroid dienone is 2. The van der Waals surface area contributed by atoms with Crippen LogP contribution in [0.1, 0.15) is 181 Å². The molecule has 0 aliphatic heterocycles. The van der Waals surface area contributed by atoms with E-state index in [0.29, 0.717) is 12.8 Å². The van der Waals surface area contributed by atoms with Crippen LogP contribution in [-0.4, -0.2) is 34.9 Å². The SMILES string of the molecule is CCCCCCCCCCCCC/C=C/CCCC[C@@H](O)[C@H](CO)NC(=O)CCCCCCCCCCC. The Hall–Kier alpha value is -0.870. The van der Waals surface area contributed by atoms with E-state index in [4.69, 9.17) is 0 Å². The van der Waals surface area contributed by atoms with Gasteiger partial charge in [-0.3, -0.25) is 4.79 Å². The van der Waals surface area contributed by atoms with Crippen molar-refractivity contribution in [2.45, 2.75) is 193 Å². The minimum Gasteiger partial charge on any atom is -0.394 e. The predicted octanol–water partition coefficient (Wildman–Crippen LogP) is 9.56. The third-order valence-corrected chi connectivity index (χ3v) is 7.78. The second-order valence-electron chi connectivity index (χ2n) is 11.6. The van der Waals surface area contributed by atoms with Crippen molar-refractivity contribution in [2.24, 2.45) is 0 Å². The van der Waals surface area contributed by atoms with Gasteiger partial charge in [-0.1, -0.05) is 148 Å². The lowest BCUT2D eigenvalue weighted by atomic mass is 10.0. The minimum absolute atomic E-state index is 0.0450. The number of rotatable bonds is 30. The van der Waals surface area contributed by atoms with E-state index in [-0.39, 0.29) is 12.5 Å². The van der Waals surface area contributed by atoms with Crippen LogP contribution in [0, 0.1) is 0 Å². The topological polar surface area (TPSA) is 69.6 Å². The molecule has 0 saturated carbocycles. The van der Waals surface area contributed by atoms with Crippen molar-refractivity contribution in [2.75, 3.05) is 6.61 Å². The summed E-state index contributed by atoms with van der Waals surface area (Å²) < 4.78 is 0. The molecule has 3 N–H and O–H groups in total. The number of carbonyl (C=O) groups is 1. The molecule has 2 atom stereocenters. The first-order valence-electron chi connectivity index (χ1n) is 16.9. The maximum absolute atomic E-state index is 12.2. The average molecular weight is 538 g/mol. The summed E-state index contributed by atoms with van der Waals surface area (Å²) in [5, 5.41) is 22.9. The van der Waals surface area contributed by atoms with Crippen LogP contribution in [0.2, 0.25) is 0 Å². The molecule has 0 aliphatic carbocycles. The molecule has 0 saturated heterocycles. The van der Waals surface area contributed by atoms with Crippen LogP contribution in [0.4, 0.5) is 0 Å². The predicted molar refractivity (Wildman–Crippen MR) is 166 cm³/mol. The van der Waals surface area contributed by atoms with Gasteiger partial charge in [-0.05, 0) is 38.5 Å². The molecular weight excluding hydrogens is 470 g/mol. The number of amides is 1. The number of aliphatic hydroxyl groups excluding tert-OH is 2. The van der Waals surface area contributed by atoms with Gasteiger partial charge in [0, 0.05) is 6.42 Å².